The second-order valence-electron chi connectivity index (χ2n) is 4.07. The van der Waals surface area contributed by atoms with Gasteiger partial charge >= 0.3 is 5.97 Å². The Morgan fingerprint density at radius 3 is 2.59 bits per heavy atom. The lowest BCUT2D eigenvalue weighted by molar-refractivity contribution is -0.149. The summed E-state index contributed by atoms with van der Waals surface area (Å²) in [5, 5.41) is 9.07. The third kappa shape index (κ3) is 2.22. The predicted molar refractivity (Wildman–Crippen MR) is 62.8 cm³/mol. The monoisotopic (exact) mass is 234 g/mol. The van der Waals surface area contributed by atoms with Gasteiger partial charge in [-0.25, -0.2) is 4.79 Å². The summed E-state index contributed by atoms with van der Waals surface area (Å²) in [5.41, 5.74) is 0.875. The lowest BCUT2D eigenvalue weighted by Gasteiger charge is -2.37. The summed E-state index contributed by atoms with van der Waals surface area (Å²) >= 11 is 0. The molecule has 17 heavy (non-hydrogen) atoms. The highest BCUT2D eigenvalue weighted by Crippen LogP contribution is 2.18. The molecule has 1 saturated heterocycles. The summed E-state index contributed by atoms with van der Waals surface area (Å²) in [6, 6.07) is 8.59. The van der Waals surface area contributed by atoms with Gasteiger partial charge in [0.2, 0.25) is 5.91 Å². The first-order chi connectivity index (χ1) is 8.09. The van der Waals surface area contributed by atoms with Gasteiger partial charge in [0.25, 0.3) is 0 Å². The number of nitrogens with zero attached hydrogens (tertiary/aromatic N) is 2. The SMILES string of the molecule is CN1C(=O)CN(c2ccccc2)CC1C(=O)O. The zero-order valence-corrected chi connectivity index (χ0v) is 9.54. The van der Waals surface area contributed by atoms with E-state index in [0.717, 1.165) is 5.69 Å². The number of carboxylic acid groups (broad SMARTS) is 1. The number of amides is 1. The van der Waals surface area contributed by atoms with Gasteiger partial charge in [0.15, 0.2) is 0 Å². The number of hydrogen-bond donors (Lipinski definition) is 1. The summed E-state index contributed by atoms with van der Waals surface area (Å²) < 4.78 is 0. The van der Waals surface area contributed by atoms with Crippen LogP contribution in [-0.4, -0.2) is 48.1 Å². The van der Waals surface area contributed by atoms with Gasteiger partial charge in [-0.2, -0.15) is 0 Å². The number of anilines is 1. The smallest absolute Gasteiger partial charge is 0.328 e. The maximum atomic E-state index is 11.7. The van der Waals surface area contributed by atoms with E-state index < -0.39 is 12.0 Å². The van der Waals surface area contributed by atoms with E-state index in [1.807, 2.05) is 30.3 Å². The summed E-state index contributed by atoms with van der Waals surface area (Å²) in [4.78, 5) is 25.9. The summed E-state index contributed by atoms with van der Waals surface area (Å²) in [6.45, 7) is 0.547. The normalized spacial score (nSPS) is 20.5. The molecule has 0 saturated carbocycles. The van der Waals surface area contributed by atoms with Gasteiger partial charge in [0.05, 0.1) is 6.54 Å². The molecule has 1 atom stereocenters. The Labute approximate surface area is 99.3 Å². The summed E-state index contributed by atoms with van der Waals surface area (Å²) in [5.74, 6) is -1.14. The molecule has 5 heteroatoms. The Balaban J connectivity index is 2.22. The topological polar surface area (TPSA) is 60.9 Å². The van der Waals surface area contributed by atoms with Crippen LogP contribution in [0.5, 0.6) is 0 Å². The number of carbonyl (C=O) groups is 2. The molecular weight excluding hydrogens is 220 g/mol. The number of carbonyl (C=O) groups excluding carboxylic acids is 1. The molecule has 1 amide bonds. The molecule has 0 bridgehead atoms. The van der Waals surface area contributed by atoms with Gasteiger partial charge in [0, 0.05) is 19.3 Å². The van der Waals surface area contributed by atoms with E-state index in [-0.39, 0.29) is 12.5 Å². The van der Waals surface area contributed by atoms with Crippen molar-refractivity contribution in [1.82, 2.24) is 4.90 Å². The van der Waals surface area contributed by atoms with Crippen LogP contribution < -0.4 is 4.90 Å². The van der Waals surface area contributed by atoms with Crippen LogP contribution in [0.15, 0.2) is 30.3 Å². The minimum atomic E-state index is -0.971. The van der Waals surface area contributed by atoms with Crippen LogP contribution in [0.1, 0.15) is 0 Å². The fraction of sp³-hybridized carbons (Fsp3) is 0.333. The molecule has 0 spiro atoms. The number of benzene rings is 1. The van der Waals surface area contributed by atoms with Crippen LogP contribution in [0.3, 0.4) is 0 Å². The Morgan fingerprint density at radius 2 is 2.00 bits per heavy atom. The molecule has 1 unspecified atom stereocenters. The van der Waals surface area contributed by atoms with E-state index in [9.17, 15) is 9.59 Å². The standard InChI is InChI=1S/C12H14N2O3/c1-13-10(12(16)17)7-14(8-11(13)15)9-5-3-2-4-6-9/h2-6,10H,7-8H2,1H3,(H,16,17). The van der Waals surface area contributed by atoms with Crippen LogP contribution in [-0.2, 0) is 9.59 Å². The molecule has 1 aliphatic rings. The first-order valence-corrected chi connectivity index (χ1v) is 5.38. The zero-order valence-electron chi connectivity index (χ0n) is 9.54. The van der Waals surface area contributed by atoms with E-state index in [1.165, 1.54) is 11.9 Å². The number of carboxylic acids is 1. The van der Waals surface area contributed by atoms with Crippen LogP contribution in [0.4, 0.5) is 5.69 Å². The minimum Gasteiger partial charge on any atom is -0.480 e. The van der Waals surface area contributed by atoms with Crippen molar-refractivity contribution >= 4 is 17.6 Å². The first kappa shape index (κ1) is 11.4. The molecular formula is C12H14N2O3. The van der Waals surface area contributed by atoms with Crippen LogP contribution in [0.25, 0.3) is 0 Å². The lowest BCUT2D eigenvalue weighted by Crippen LogP contribution is -2.57. The molecule has 0 aromatic heterocycles. The van der Waals surface area contributed by atoms with Crippen molar-refractivity contribution in [2.24, 2.45) is 0 Å². The Bertz CT molecular complexity index is 433. The van der Waals surface area contributed by atoms with Gasteiger partial charge in [-0.05, 0) is 12.1 Å². The van der Waals surface area contributed by atoms with E-state index >= 15 is 0 Å². The fourth-order valence-corrected chi connectivity index (χ4v) is 1.92. The molecule has 1 aromatic rings. The highest BCUT2D eigenvalue weighted by Gasteiger charge is 2.34. The largest absolute Gasteiger partial charge is 0.480 e. The van der Waals surface area contributed by atoms with Gasteiger partial charge in [0.1, 0.15) is 6.04 Å². The molecule has 1 N–H and O–H groups in total. The average molecular weight is 234 g/mol. The quantitative estimate of drug-likeness (QED) is 0.805. The Hall–Kier alpha value is -2.04. The van der Waals surface area contributed by atoms with Crippen LogP contribution >= 0.6 is 0 Å². The number of piperazine rings is 1. The van der Waals surface area contributed by atoms with E-state index in [4.69, 9.17) is 5.11 Å². The Morgan fingerprint density at radius 1 is 1.35 bits per heavy atom. The molecule has 1 aliphatic heterocycles. The predicted octanol–water partition coefficient (Wildman–Crippen LogP) is 0.418. The molecule has 90 valence electrons. The summed E-state index contributed by atoms with van der Waals surface area (Å²) in [6.07, 6.45) is 0. The van der Waals surface area contributed by atoms with Crippen molar-refractivity contribution in [3.05, 3.63) is 30.3 Å². The second kappa shape index (κ2) is 4.45. The third-order valence-electron chi connectivity index (χ3n) is 2.99. The van der Waals surface area contributed by atoms with Gasteiger partial charge in [-0.1, -0.05) is 18.2 Å². The Kier molecular flexibility index (Phi) is 2.99. The van der Waals surface area contributed by atoms with Crippen molar-refractivity contribution < 1.29 is 14.7 Å². The van der Waals surface area contributed by atoms with Crippen molar-refractivity contribution in [2.45, 2.75) is 6.04 Å². The number of aliphatic carboxylic acids is 1. The molecule has 5 nitrogen and oxygen atoms in total. The zero-order chi connectivity index (χ0) is 12.4. The molecule has 0 aliphatic carbocycles. The molecule has 0 radical (unpaired) electrons. The van der Waals surface area contributed by atoms with E-state index in [1.54, 1.807) is 4.90 Å². The highest BCUT2D eigenvalue weighted by molar-refractivity contribution is 5.89. The minimum absolute atomic E-state index is 0.174. The van der Waals surface area contributed by atoms with Crippen LogP contribution in [0, 0.1) is 0 Å². The maximum absolute atomic E-state index is 11.7. The van der Waals surface area contributed by atoms with Crippen molar-refractivity contribution in [2.75, 3.05) is 25.0 Å². The third-order valence-corrected chi connectivity index (χ3v) is 2.99. The fourth-order valence-electron chi connectivity index (χ4n) is 1.92. The maximum Gasteiger partial charge on any atom is 0.328 e. The van der Waals surface area contributed by atoms with Gasteiger partial charge < -0.3 is 14.9 Å². The molecule has 1 aromatic carbocycles. The van der Waals surface area contributed by atoms with Crippen LogP contribution in [0.2, 0.25) is 0 Å². The van der Waals surface area contributed by atoms with Gasteiger partial charge in [-0.15, -0.1) is 0 Å². The average Bonchev–Trinajstić information content (AvgIpc) is 2.33. The van der Waals surface area contributed by atoms with E-state index in [2.05, 4.69) is 0 Å². The first-order valence-electron chi connectivity index (χ1n) is 5.38. The van der Waals surface area contributed by atoms with Crippen molar-refractivity contribution in [3.8, 4) is 0 Å². The second-order valence-corrected chi connectivity index (χ2v) is 4.07. The number of hydrogen-bond acceptors (Lipinski definition) is 3. The van der Waals surface area contributed by atoms with E-state index in [0.29, 0.717) is 6.54 Å². The van der Waals surface area contributed by atoms with Crippen molar-refractivity contribution in [1.29, 1.82) is 0 Å². The molecule has 1 heterocycles. The van der Waals surface area contributed by atoms with Crippen molar-refractivity contribution in [3.63, 3.8) is 0 Å². The highest BCUT2D eigenvalue weighted by atomic mass is 16.4. The lowest BCUT2D eigenvalue weighted by atomic mass is 10.1. The molecule has 2 rings (SSSR count). The molecule has 1 fully saturated rings. The number of likely N-dealkylation sites (N-methyl/N-ethyl adjacent to an activating group) is 1. The van der Waals surface area contributed by atoms with Gasteiger partial charge in [-0.3, -0.25) is 4.79 Å². The number of rotatable bonds is 2. The summed E-state index contributed by atoms with van der Waals surface area (Å²) in [7, 11) is 1.53. The number of para-hydroxylation sites is 1.